The summed E-state index contributed by atoms with van der Waals surface area (Å²) in [4.78, 5) is 54.2. The molecule has 2 aromatic carbocycles. The number of cyclic esters (lactones) is 1. The Morgan fingerprint density at radius 2 is 1.69 bits per heavy atom. The van der Waals surface area contributed by atoms with Crippen molar-refractivity contribution in [1.82, 2.24) is 16.0 Å². The Kier molecular flexibility index (Phi) is 15.3. The summed E-state index contributed by atoms with van der Waals surface area (Å²) >= 11 is 6.32. The highest BCUT2D eigenvalue weighted by Gasteiger charge is 2.39. The molecule has 0 radical (unpaired) electrons. The minimum atomic E-state index is -1.51. The molecule has 0 bridgehead atoms. The molecule has 280 valence electrons. The molecule has 3 amide bonds. The van der Waals surface area contributed by atoms with Gasteiger partial charge in [-0.3, -0.25) is 14.4 Å². The zero-order valence-electron chi connectivity index (χ0n) is 30.5. The first kappa shape index (κ1) is 41.3. The van der Waals surface area contributed by atoms with Crippen molar-refractivity contribution in [2.75, 3.05) is 34.0 Å². The third-order valence-corrected chi connectivity index (χ3v) is 8.89. The Balaban J connectivity index is 1.91. The standard InChI is InChI=1S/C38H52ClN3O9/c1-24(20-50-21-25-11-14-27(48-6)15-12-25)31-9-8-10-33(44)41-29(18-26-13-16-32(49-7)28(39)17-26)34(45)40-22-38(5,23-43)36(47)42-30(35(46)51-31)19-37(2,3)4/h8,10-17,24,29-31,43H,9,18-23H2,1-7H3,(H,40,45)(H,41,44)(H,42,47)/b10-8-/t24-,29-,30+,31+,38?/m1/s1. The first-order chi connectivity index (χ1) is 24.1. The number of esters is 1. The summed E-state index contributed by atoms with van der Waals surface area (Å²) in [7, 11) is 3.09. The maximum absolute atomic E-state index is 13.8. The molecule has 1 aliphatic heterocycles. The van der Waals surface area contributed by atoms with E-state index in [1.54, 1.807) is 31.4 Å². The summed E-state index contributed by atoms with van der Waals surface area (Å²) < 4.78 is 22.5. The SMILES string of the molecule is COc1ccc(COC[C@@H](C)[C@@H]2C/C=C\C(=O)N[C@H](Cc3ccc(OC)c(Cl)c3)C(=O)NCC(C)(CO)C(=O)N[C@@H](CC(C)(C)C)C(=O)O2)cc1. The third-order valence-electron chi connectivity index (χ3n) is 8.59. The predicted octanol–water partition coefficient (Wildman–Crippen LogP) is 4.14. The largest absolute Gasteiger partial charge is 0.497 e. The second-order valence-electron chi connectivity index (χ2n) is 14.4. The Bertz CT molecular complexity index is 1530. The van der Waals surface area contributed by atoms with E-state index in [0.29, 0.717) is 22.9 Å². The number of hydrogen-bond acceptors (Lipinski definition) is 9. The Hall–Kier alpha value is -4.13. The molecule has 1 aliphatic rings. The fourth-order valence-electron chi connectivity index (χ4n) is 5.38. The summed E-state index contributed by atoms with van der Waals surface area (Å²) in [6, 6.07) is 10.4. The van der Waals surface area contributed by atoms with Crippen molar-refractivity contribution in [3.05, 3.63) is 70.8 Å². The van der Waals surface area contributed by atoms with Crippen molar-refractivity contribution in [3.63, 3.8) is 0 Å². The molecule has 0 aromatic heterocycles. The van der Waals surface area contributed by atoms with E-state index in [0.717, 1.165) is 11.3 Å². The van der Waals surface area contributed by atoms with E-state index in [1.807, 2.05) is 52.0 Å². The van der Waals surface area contributed by atoms with Gasteiger partial charge in [0.15, 0.2) is 0 Å². The van der Waals surface area contributed by atoms with Gasteiger partial charge in [0, 0.05) is 25.3 Å². The molecule has 13 heteroatoms. The zero-order valence-corrected chi connectivity index (χ0v) is 31.3. The maximum Gasteiger partial charge on any atom is 0.328 e. The van der Waals surface area contributed by atoms with Crippen molar-refractivity contribution < 1.29 is 43.2 Å². The van der Waals surface area contributed by atoms with Crippen LogP contribution < -0.4 is 25.4 Å². The number of benzene rings is 2. The smallest absolute Gasteiger partial charge is 0.328 e. The Morgan fingerprint density at radius 3 is 2.29 bits per heavy atom. The van der Waals surface area contributed by atoms with Crippen LogP contribution in [0.5, 0.6) is 11.5 Å². The van der Waals surface area contributed by atoms with Crippen molar-refractivity contribution in [1.29, 1.82) is 0 Å². The fraction of sp³-hybridized carbons (Fsp3) is 0.526. The second-order valence-corrected chi connectivity index (χ2v) is 14.8. The predicted molar refractivity (Wildman–Crippen MR) is 193 cm³/mol. The van der Waals surface area contributed by atoms with Crippen LogP contribution >= 0.6 is 11.6 Å². The number of aliphatic hydroxyl groups is 1. The van der Waals surface area contributed by atoms with Gasteiger partial charge >= 0.3 is 5.97 Å². The molecule has 0 saturated heterocycles. The van der Waals surface area contributed by atoms with Crippen LogP contribution in [0, 0.1) is 16.7 Å². The summed E-state index contributed by atoms with van der Waals surface area (Å²) in [5.74, 6) is -1.55. The Morgan fingerprint density at radius 1 is 1.00 bits per heavy atom. The summed E-state index contributed by atoms with van der Waals surface area (Å²) in [6.45, 7) is 8.80. The van der Waals surface area contributed by atoms with Gasteiger partial charge in [0.05, 0.1) is 44.5 Å². The van der Waals surface area contributed by atoms with Crippen LogP contribution in [-0.2, 0) is 41.7 Å². The molecule has 5 atom stereocenters. The number of ether oxygens (including phenoxy) is 4. The highest BCUT2D eigenvalue weighted by atomic mass is 35.5. The number of nitrogens with one attached hydrogen (secondary N) is 3. The normalized spacial score (nSPS) is 23.7. The number of rotatable bonds is 11. The molecular weight excluding hydrogens is 678 g/mol. The molecule has 51 heavy (non-hydrogen) atoms. The van der Waals surface area contributed by atoms with E-state index in [1.165, 1.54) is 20.1 Å². The van der Waals surface area contributed by atoms with Crippen molar-refractivity contribution in [3.8, 4) is 11.5 Å². The molecule has 2 aromatic rings. The number of halogens is 1. The Labute approximate surface area is 305 Å². The van der Waals surface area contributed by atoms with Gasteiger partial charge in [-0.15, -0.1) is 0 Å². The van der Waals surface area contributed by atoms with Gasteiger partial charge < -0.3 is 40.0 Å². The maximum atomic E-state index is 13.8. The lowest BCUT2D eigenvalue weighted by Gasteiger charge is -2.33. The highest BCUT2D eigenvalue weighted by molar-refractivity contribution is 6.32. The van der Waals surface area contributed by atoms with Gasteiger partial charge in [0.1, 0.15) is 29.7 Å². The molecule has 1 heterocycles. The molecule has 0 fully saturated rings. The fourth-order valence-corrected chi connectivity index (χ4v) is 5.66. The molecule has 0 aliphatic carbocycles. The molecule has 1 unspecified atom stereocenters. The average Bonchev–Trinajstić information content (AvgIpc) is 3.08. The highest BCUT2D eigenvalue weighted by Crippen LogP contribution is 2.27. The third kappa shape index (κ3) is 12.9. The van der Waals surface area contributed by atoms with Gasteiger partial charge in [-0.2, -0.15) is 0 Å². The number of hydrogen-bond donors (Lipinski definition) is 4. The molecule has 3 rings (SSSR count). The van der Waals surface area contributed by atoms with Crippen LogP contribution in [0.15, 0.2) is 54.6 Å². The number of amides is 3. The van der Waals surface area contributed by atoms with Crippen LogP contribution in [0.25, 0.3) is 0 Å². The zero-order chi connectivity index (χ0) is 37.8. The number of methoxy groups -OCH3 is 2. The number of carbonyl (C=O) groups is 4. The van der Waals surface area contributed by atoms with Crippen molar-refractivity contribution >= 4 is 35.3 Å². The summed E-state index contributed by atoms with van der Waals surface area (Å²) in [5.41, 5.74) is -0.310. The molecule has 0 spiro atoms. The first-order valence-corrected chi connectivity index (χ1v) is 17.4. The van der Waals surface area contributed by atoms with Crippen molar-refractivity contribution in [2.24, 2.45) is 16.7 Å². The van der Waals surface area contributed by atoms with Crippen molar-refractivity contribution in [2.45, 2.75) is 78.7 Å². The second kappa shape index (κ2) is 18.9. The van der Waals surface area contributed by atoms with E-state index in [9.17, 15) is 24.3 Å². The summed E-state index contributed by atoms with van der Waals surface area (Å²) in [5, 5.41) is 18.9. The molecule has 4 N–H and O–H groups in total. The first-order valence-electron chi connectivity index (χ1n) is 17.0. The lowest BCUT2D eigenvalue weighted by molar-refractivity contribution is -0.158. The molecule has 12 nitrogen and oxygen atoms in total. The number of carbonyl (C=O) groups excluding carboxylic acids is 4. The van der Waals surface area contributed by atoms with Crippen LogP contribution in [0.2, 0.25) is 5.02 Å². The lowest BCUT2D eigenvalue weighted by atomic mass is 9.86. The van der Waals surface area contributed by atoms with E-state index in [4.69, 9.17) is 30.5 Å². The van der Waals surface area contributed by atoms with E-state index < -0.39 is 53.9 Å². The van der Waals surface area contributed by atoms with Gasteiger partial charge in [-0.05, 0) is 60.2 Å². The van der Waals surface area contributed by atoms with E-state index in [2.05, 4.69) is 16.0 Å². The minimum Gasteiger partial charge on any atom is -0.497 e. The minimum absolute atomic E-state index is 0.0770. The van der Waals surface area contributed by atoms with Crippen LogP contribution in [0.1, 0.15) is 58.6 Å². The van der Waals surface area contributed by atoms with Gasteiger partial charge in [-0.25, -0.2) is 4.79 Å². The molecule has 0 saturated carbocycles. The van der Waals surface area contributed by atoms with Crippen LogP contribution in [0.4, 0.5) is 0 Å². The monoisotopic (exact) mass is 729 g/mol. The van der Waals surface area contributed by atoms with E-state index >= 15 is 0 Å². The topological polar surface area (TPSA) is 162 Å². The van der Waals surface area contributed by atoms with E-state index in [-0.39, 0.29) is 43.7 Å². The van der Waals surface area contributed by atoms with Crippen LogP contribution in [-0.4, -0.2) is 81.0 Å². The number of aliphatic hydroxyl groups excluding tert-OH is 1. The molecular formula is C38H52ClN3O9. The average molecular weight is 730 g/mol. The quantitative estimate of drug-likeness (QED) is 0.249. The lowest BCUT2D eigenvalue weighted by Crippen LogP contribution is -2.56. The van der Waals surface area contributed by atoms with Gasteiger partial charge in [0.2, 0.25) is 17.7 Å². The summed E-state index contributed by atoms with van der Waals surface area (Å²) in [6.07, 6.45) is 2.62. The van der Waals surface area contributed by atoms with Crippen LogP contribution in [0.3, 0.4) is 0 Å². The van der Waals surface area contributed by atoms with Gasteiger partial charge in [0.25, 0.3) is 0 Å². The van der Waals surface area contributed by atoms with Gasteiger partial charge in [-0.1, -0.05) is 63.6 Å².